The Bertz CT molecular complexity index is 1060. The number of benzene rings is 3. The summed E-state index contributed by atoms with van der Waals surface area (Å²) < 4.78 is 6.30. The number of fused-ring (bicyclic) bond motifs is 1. The molecule has 1 aromatic heterocycles. The summed E-state index contributed by atoms with van der Waals surface area (Å²) in [6.45, 7) is 0. The molecule has 25 heavy (non-hydrogen) atoms. The summed E-state index contributed by atoms with van der Waals surface area (Å²) in [5.74, 6) is 0.258. The van der Waals surface area contributed by atoms with Gasteiger partial charge in [-0.15, -0.1) is 0 Å². The van der Waals surface area contributed by atoms with E-state index in [2.05, 4.69) is 26.4 Å². The largest absolute Gasteiger partial charge is 0.355 e. The van der Waals surface area contributed by atoms with Crippen LogP contribution in [0, 0.1) is 0 Å². The molecule has 0 fully saturated rings. The molecule has 0 aliphatic heterocycles. The van der Waals surface area contributed by atoms with Gasteiger partial charge in [-0.25, -0.2) is 0 Å². The van der Waals surface area contributed by atoms with E-state index < -0.39 is 0 Å². The van der Waals surface area contributed by atoms with Crippen LogP contribution in [0.5, 0.6) is 0 Å². The molecule has 0 saturated carbocycles. The van der Waals surface area contributed by atoms with Crippen LogP contribution in [0.1, 0.15) is 10.5 Å². The van der Waals surface area contributed by atoms with Crippen molar-refractivity contribution in [1.29, 1.82) is 0 Å². The third kappa shape index (κ3) is 3.19. The number of carbonyl (C=O) groups is 1. The average Bonchev–Trinajstić information content (AvgIpc) is 3.13. The Morgan fingerprint density at radius 2 is 1.80 bits per heavy atom. The van der Waals surface area contributed by atoms with Crippen LogP contribution in [-0.2, 0) is 0 Å². The van der Waals surface area contributed by atoms with Crippen molar-refractivity contribution in [3.63, 3.8) is 0 Å². The molecular weight excluding hydrogens is 380 g/mol. The zero-order valence-electron chi connectivity index (χ0n) is 13.1. The molecule has 0 aliphatic carbocycles. The molecule has 1 amide bonds. The van der Waals surface area contributed by atoms with E-state index in [1.54, 1.807) is 6.07 Å². The van der Waals surface area contributed by atoms with Crippen molar-refractivity contribution in [2.24, 2.45) is 0 Å². The van der Waals surface area contributed by atoms with Crippen molar-refractivity contribution in [1.82, 2.24) is 5.16 Å². The van der Waals surface area contributed by atoms with Crippen LogP contribution in [0.3, 0.4) is 0 Å². The van der Waals surface area contributed by atoms with Gasteiger partial charge >= 0.3 is 0 Å². The number of nitrogens with zero attached hydrogens (tertiary/aromatic N) is 1. The second-order valence-corrected chi connectivity index (χ2v) is 6.43. The minimum absolute atomic E-state index is 0.244. The maximum atomic E-state index is 12.4. The second-order valence-electron chi connectivity index (χ2n) is 5.57. The highest BCUT2D eigenvalue weighted by atomic mass is 79.9. The third-order valence-corrected chi connectivity index (χ3v) is 4.58. The molecule has 0 atom stereocenters. The zero-order valence-corrected chi connectivity index (χ0v) is 14.7. The molecule has 4 aromatic rings. The molecule has 0 bridgehead atoms. The normalized spacial score (nSPS) is 10.8. The molecule has 0 saturated heterocycles. The van der Waals surface area contributed by atoms with E-state index in [0.717, 1.165) is 20.8 Å². The minimum Gasteiger partial charge on any atom is -0.355 e. The number of hydrogen-bond donors (Lipinski definition) is 1. The summed E-state index contributed by atoms with van der Waals surface area (Å²) in [6, 6.07) is 22.9. The summed E-state index contributed by atoms with van der Waals surface area (Å²) in [7, 11) is 0. The Morgan fingerprint density at radius 1 is 0.960 bits per heavy atom. The predicted octanol–water partition coefficient (Wildman–Crippen LogP) is 5.51. The van der Waals surface area contributed by atoms with Crippen molar-refractivity contribution in [3.05, 3.63) is 83.0 Å². The summed E-state index contributed by atoms with van der Waals surface area (Å²) in [6.07, 6.45) is 0. The van der Waals surface area contributed by atoms with Crippen molar-refractivity contribution >= 4 is 38.3 Å². The van der Waals surface area contributed by atoms with Gasteiger partial charge in [-0.2, -0.15) is 0 Å². The summed E-state index contributed by atoms with van der Waals surface area (Å²) in [4.78, 5) is 12.4. The highest BCUT2D eigenvalue weighted by Gasteiger charge is 2.14. The lowest BCUT2D eigenvalue weighted by Gasteiger charge is -2.06. The SMILES string of the molecule is O=C(Nc1ccc2c(Br)cccc2c1)c1cc(-c2ccccc2)on1. The Kier molecular flexibility index (Phi) is 4.07. The first kappa shape index (κ1) is 15.6. The lowest BCUT2D eigenvalue weighted by molar-refractivity contribution is 0.101. The number of rotatable bonds is 3. The van der Waals surface area contributed by atoms with Gasteiger partial charge in [0.05, 0.1) is 0 Å². The fourth-order valence-electron chi connectivity index (χ4n) is 2.64. The average molecular weight is 393 g/mol. The van der Waals surface area contributed by atoms with Crippen molar-refractivity contribution in [2.45, 2.75) is 0 Å². The van der Waals surface area contributed by atoms with Gasteiger partial charge < -0.3 is 9.84 Å². The van der Waals surface area contributed by atoms with Crippen LogP contribution in [0.25, 0.3) is 22.1 Å². The summed E-state index contributed by atoms with van der Waals surface area (Å²) >= 11 is 3.52. The Morgan fingerprint density at radius 3 is 2.64 bits per heavy atom. The predicted molar refractivity (Wildman–Crippen MR) is 102 cm³/mol. The monoisotopic (exact) mass is 392 g/mol. The fraction of sp³-hybridized carbons (Fsp3) is 0. The van der Waals surface area contributed by atoms with Crippen LogP contribution in [0.2, 0.25) is 0 Å². The van der Waals surface area contributed by atoms with E-state index in [1.165, 1.54) is 0 Å². The number of aromatic nitrogens is 1. The molecule has 4 rings (SSSR count). The Labute approximate surface area is 152 Å². The molecule has 5 heteroatoms. The molecule has 122 valence electrons. The number of hydrogen-bond acceptors (Lipinski definition) is 3. The van der Waals surface area contributed by atoms with Crippen LogP contribution >= 0.6 is 15.9 Å². The molecule has 0 spiro atoms. The maximum absolute atomic E-state index is 12.4. The third-order valence-electron chi connectivity index (χ3n) is 3.89. The van der Waals surface area contributed by atoms with Gasteiger partial charge in [0.15, 0.2) is 11.5 Å². The van der Waals surface area contributed by atoms with Gasteiger partial charge in [0.2, 0.25) is 0 Å². The van der Waals surface area contributed by atoms with Gasteiger partial charge in [-0.3, -0.25) is 4.79 Å². The number of halogens is 1. The van der Waals surface area contributed by atoms with Gasteiger partial charge in [0.1, 0.15) is 0 Å². The first-order valence-electron chi connectivity index (χ1n) is 7.72. The highest BCUT2D eigenvalue weighted by Crippen LogP contribution is 2.26. The molecule has 0 radical (unpaired) electrons. The van der Waals surface area contributed by atoms with E-state index in [-0.39, 0.29) is 11.6 Å². The lowest BCUT2D eigenvalue weighted by Crippen LogP contribution is -2.12. The topological polar surface area (TPSA) is 55.1 Å². The Balaban J connectivity index is 1.57. The van der Waals surface area contributed by atoms with E-state index in [4.69, 9.17) is 4.52 Å². The van der Waals surface area contributed by atoms with Gasteiger partial charge in [-0.1, -0.05) is 69.6 Å². The highest BCUT2D eigenvalue weighted by molar-refractivity contribution is 9.10. The number of amides is 1. The number of nitrogens with one attached hydrogen (secondary N) is 1. The molecular formula is C20H13BrN2O2. The zero-order chi connectivity index (χ0) is 17.2. The van der Waals surface area contributed by atoms with E-state index in [9.17, 15) is 4.79 Å². The minimum atomic E-state index is -0.305. The van der Waals surface area contributed by atoms with E-state index in [1.807, 2.05) is 66.7 Å². The van der Waals surface area contributed by atoms with Crippen LogP contribution in [0.4, 0.5) is 5.69 Å². The molecule has 0 aliphatic rings. The first-order valence-corrected chi connectivity index (χ1v) is 8.52. The lowest BCUT2D eigenvalue weighted by atomic mass is 10.1. The van der Waals surface area contributed by atoms with Crippen molar-refractivity contribution < 1.29 is 9.32 Å². The first-order chi connectivity index (χ1) is 12.2. The maximum Gasteiger partial charge on any atom is 0.277 e. The van der Waals surface area contributed by atoms with Crippen molar-refractivity contribution in [2.75, 3.05) is 5.32 Å². The second kappa shape index (κ2) is 6.53. The summed E-state index contributed by atoms with van der Waals surface area (Å²) in [5, 5.41) is 8.86. The van der Waals surface area contributed by atoms with Crippen molar-refractivity contribution in [3.8, 4) is 11.3 Å². The smallest absolute Gasteiger partial charge is 0.277 e. The van der Waals surface area contributed by atoms with Crippen LogP contribution < -0.4 is 5.32 Å². The Hall–Kier alpha value is -2.92. The van der Waals surface area contributed by atoms with Gasteiger partial charge in [0, 0.05) is 21.8 Å². The van der Waals surface area contributed by atoms with Crippen LogP contribution in [0.15, 0.2) is 81.8 Å². The summed E-state index contributed by atoms with van der Waals surface area (Å²) in [5.41, 5.74) is 1.83. The van der Waals surface area contributed by atoms with E-state index >= 15 is 0 Å². The standard InChI is InChI=1S/C20H13BrN2O2/c21-17-8-4-7-14-11-15(9-10-16(14)17)22-20(24)18-12-19(25-23-18)13-5-2-1-3-6-13/h1-12H,(H,22,24). The molecule has 0 unspecified atom stereocenters. The van der Waals surface area contributed by atoms with Crippen LogP contribution in [-0.4, -0.2) is 11.1 Å². The quantitative estimate of drug-likeness (QED) is 0.499. The molecule has 1 heterocycles. The van der Waals surface area contributed by atoms with E-state index in [0.29, 0.717) is 11.4 Å². The number of anilines is 1. The molecule has 1 N–H and O–H groups in total. The fourth-order valence-corrected chi connectivity index (χ4v) is 3.15. The number of carbonyl (C=O) groups excluding carboxylic acids is 1. The van der Waals surface area contributed by atoms with Gasteiger partial charge in [0.25, 0.3) is 5.91 Å². The molecule has 4 nitrogen and oxygen atoms in total. The van der Waals surface area contributed by atoms with Gasteiger partial charge in [-0.05, 0) is 29.0 Å². The molecule has 3 aromatic carbocycles.